The van der Waals surface area contributed by atoms with E-state index in [1.807, 2.05) is 24.3 Å². The van der Waals surface area contributed by atoms with Crippen molar-refractivity contribution in [3.8, 4) is 0 Å². The van der Waals surface area contributed by atoms with Crippen molar-refractivity contribution in [3.05, 3.63) is 102 Å². The molecule has 1 saturated carbocycles. The van der Waals surface area contributed by atoms with E-state index in [4.69, 9.17) is 0 Å². The molecule has 5 nitrogen and oxygen atoms in total. The van der Waals surface area contributed by atoms with Crippen LogP contribution in [0.15, 0.2) is 83.9 Å². The van der Waals surface area contributed by atoms with Crippen LogP contribution in [0.25, 0.3) is 10.9 Å². The molecule has 1 aromatic heterocycles. The van der Waals surface area contributed by atoms with Crippen LogP contribution in [0.1, 0.15) is 59.5 Å². The van der Waals surface area contributed by atoms with Crippen molar-refractivity contribution in [2.45, 2.75) is 49.5 Å². The smallest absolute Gasteiger partial charge is 0.268 e. The first-order valence-corrected chi connectivity index (χ1v) is 13.4. The quantitative estimate of drug-likeness (QED) is 0.361. The van der Waals surface area contributed by atoms with Crippen molar-refractivity contribution >= 4 is 26.8 Å². The molecule has 35 heavy (non-hydrogen) atoms. The highest BCUT2D eigenvalue weighted by atomic mass is 32.2. The Morgan fingerprint density at radius 2 is 1.60 bits per heavy atom. The normalized spacial score (nSPS) is 14.8. The predicted molar refractivity (Wildman–Crippen MR) is 134 cm³/mol. The van der Waals surface area contributed by atoms with E-state index in [2.05, 4.69) is 5.32 Å². The van der Waals surface area contributed by atoms with Crippen molar-refractivity contribution < 1.29 is 17.6 Å². The minimum absolute atomic E-state index is 0.128. The topological polar surface area (TPSA) is 68.2 Å². The van der Waals surface area contributed by atoms with Crippen molar-refractivity contribution in [3.63, 3.8) is 0 Å². The zero-order valence-corrected chi connectivity index (χ0v) is 20.1. The molecule has 0 saturated heterocycles. The molecule has 5 rings (SSSR count). The Hall–Kier alpha value is -3.45. The Labute approximate surface area is 204 Å². The molecular weight excluding hydrogens is 463 g/mol. The average molecular weight is 491 g/mol. The summed E-state index contributed by atoms with van der Waals surface area (Å²) in [4.78, 5) is 12.7. The maximum atomic E-state index is 13.6. The van der Waals surface area contributed by atoms with Crippen LogP contribution >= 0.6 is 0 Å². The molecule has 3 aromatic carbocycles. The Kier molecular flexibility index (Phi) is 6.43. The van der Waals surface area contributed by atoms with Gasteiger partial charge in [0.1, 0.15) is 5.82 Å². The number of carbonyl (C=O) groups is 1. The van der Waals surface area contributed by atoms with Crippen LogP contribution in [0.4, 0.5) is 4.39 Å². The summed E-state index contributed by atoms with van der Waals surface area (Å²) in [6.45, 7) is 0.248. The van der Waals surface area contributed by atoms with Crippen LogP contribution in [-0.2, 0) is 16.6 Å². The molecule has 0 aliphatic heterocycles. The number of nitrogens with zero attached hydrogens (tertiary/aromatic N) is 1. The van der Waals surface area contributed by atoms with Crippen molar-refractivity contribution in [1.29, 1.82) is 0 Å². The van der Waals surface area contributed by atoms with Gasteiger partial charge in [0.15, 0.2) is 0 Å². The maximum Gasteiger partial charge on any atom is 0.268 e. The molecule has 1 aliphatic carbocycles. The van der Waals surface area contributed by atoms with Gasteiger partial charge in [0.05, 0.1) is 10.4 Å². The standard InChI is InChI=1S/C28H27FN2O3S/c29-23-14-10-20(11-15-23)18-30-28(32)22-12-16-24(17-13-22)35(33,34)31-19-26(21-6-2-1-3-7-21)25-8-4-5-9-27(25)31/h4-5,8-17,19,21H,1-3,6-7,18H2,(H,30,32). The van der Waals surface area contributed by atoms with Crippen molar-refractivity contribution in [2.75, 3.05) is 0 Å². The Balaban J connectivity index is 1.39. The van der Waals surface area contributed by atoms with Crippen LogP contribution in [0, 0.1) is 5.82 Å². The number of rotatable bonds is 6. The van der Waals surface area contributed by atoms with Gasteiger partial charge in [-0.15, -0.1) is 0 Å². The van der Waals surface area contributed by atoms with E-state index in [-0.39, 0.29) is 23.2 Å². The summed E-state index contributed by atoms with van der Waals surface area (Å²) in [6.07, 6.45) is 7.52. The molecule has 4 aromatic rings. The summed E-state index contributed by atoms with van der Waals surface area (Å²) in [5.74, 6) is -0.292. The second-order valence-corrected chi connectivity index (χ2v) is 10.9. The minimum Gasteiger partial charge on any atom is -0.348 e. The van der Waals surface area contributed by atoms with E-state index >= 15 is 0 Å². The highest BCUT2D eigenvalue weighted by Gasteiger charge is 2.25. The van der Waals surface area contributed by atoms with Crippen molar-refractivity contribution in [1.82, 2.24) is 9.29 Å². The van der Waals surface area contributed by atoms with Gasteiger partial charge in [-0.2, -0.15) is 0 Å². The van der Waals surface area contributed by atoms with Gasteiger partial charge < -0.3 is 5.32 Å². The lowest BCUT2D eigenvalue weighted by Crippen LogP contribution is -2.22. The fraction of sp³-hybridized carbons (Fsp3) is 0.250. The lowest BCUT2D eigenvalue weighted by atomic mass is 9.84. The molecule has 7 heteroatoms. The molecule has 0 radical (unpaired) electrons. The maximum absolute atomic E-state index is 13.6. The van der Waals surface area contributed by atoms with Gasteiger partial charge in [0.25, 0.3) is 15.9 Å². The van der Waals surface area contributed by atoms with E-state index < -0.39 is 10.0 Å². The number of fused-ring (bicyclic) bond motifs is 1. The summed E-state index contributed by atoms with van der Waals surface area (Å²) < 4.78 is 41.6. The molecule has 1 fully saturated rings. The number of halogens is 1. The second-order valence-electron chi connectivity index (χ2n) is 9.07. The van der Waals surface area contributed by atoms with Gasteiger partial charge in [0, 0.05) is 23.7 Å². The van der Waals surface area contributed by atoms with E-state index in [0.717, 1.165) is 29.4 Å². The molecule has 1 amide bonds. The number of amides is 1. The fourth-order valence-electron chi connectivity index (χ4n) is 4.89. The van der Waals surface area contributed by atoms with E-state index in [1.165, 1.54) is 59.6 Å². The second kappa shape index (κ2) is 9.66. The van der Waals surface area contributed by atoms with Gasteiger partial charge in [-0.05, 0) is 72.4 Å². The van der Waals surface area contributed by atoms with Crippen LogP contribution in [0.2, 0.25) is 0 Å². The lowest BCUT2D eigenvalue weighted by Gasteiger charge is -2.21. The molecule has 0 spiro atoms. The number of hydrogen-bond donors (Lipinski definition) is 1. The van der Waals surface area contributed by atoms with Gasteiger partial charge in [-0.1, -0.05) is 49.6 Å². The van der Waals surface area contributed by atoms with Crippen LogP contribution in [-0.4, -0.2) is 18.3 Å². The van der Waals surface area contributed by atoms with E-state index in [1.54, 1.807) is 18.3 Å². The third-order valence-corrected chi connectivity index (χ3v) is 8.48. The number of carbonyl (C=O) groups excluding carboxylic acids is 1. The first-order chi connectivity index (χ1) is 16.9. The summed E-state index contributed by atoms with van der Waals surface area (Å²) >= 11 is 0. The highest BCUT2D eigenvalue weighted by Crippen LogP contribution is 2.38. The van der Waals surface area contributed by atoms with Gasteiger partial charge in [-0.3, -0.25) is 4.79 Å². The molecule has 0 unspecified atom stereocenters. The summed E-state index contributed by atoms with van der Waals surface area (Å²) in [5, 5.41) is 3.76. The van der Waals surface area contributed by atoms with Crippen LogP contribution in [0.3, 0.4) is 0 Å². The number of aromatic nitrogens is 1. The first-order valence-electron chi connectivity index (χ1n) is 11.9. The molecule has 0 bridgehead atoms. The molecule has 0 atom stereocenters. The number of hydrogen-bond acceptors (Lipinski definition) is 3. The monoisotopic (exact) mass is 490 g/mol. The molecular formula is C28H27FN2O3S. The summed E-state index contributed by atoms with van der Waals surface area (Å²) in [5.41, 5.74) is 2.90. The SMILES string of the molecule is O=C(NCc1ccc(F)cc1)c1ccc(S(=O)(=O)n2cc(C3CCCCC3)c3ccccc32)cc1. The van der Waals surface area contributed by atoms with E-state index in [9.17, 15) is 17.6 Å². The zero-order chi connectivity index (χ0) is 24.4. The first kappa shape index (κ1) is 23.3. The minimum atomic E-state index is -3.84. The lowest BCUT2D eigenvalue weighted by molar-refractivity contribution is 0.0951. The highest BCUT2D eigenvalue weighted by molar-refractivity contribution is 7.90. The Morgan fingerprint density at radius 3 is 2.31 bits per heavy atom. The Morgan fingerprint density at radius 1 is 0.914 bits per heavy atom. The largest absolute Gasteiger partial charge is 0.348 e. The molecule has 180 valence electrons. The predicted octanol–water partition coefficient (Wildman–Crippen LogP) is 6.00. The average Bonchev–Trinajstić information content (AvgIpc) is 3.29. The number of para-hydroxylation sites is 1. The third-order valence-electron chi connectivity index (χ3n) is 6.79. The van der Waals surface area contributed by atoms with Crippen LogP contribution in [0.5, 0.6) is 0 Å². The molecule has 1 aliphatic rings. The molecule has 1 heterocycles. The van der Waals surface area contributed by atoms with Gasteiger partial charge >= 0.3 is 0 Å². The zero-order valence-electron chi connectivity index (χ0n) is 19.3. The summed E-state index contributed by atoms with van der Waals surface area (Å²) in [6, 6.07) is 19.5. The number of nitrogens with one attached hydrogen (secondary N) is 1. The Bertz CT molecular complexity index is 1450. The van der Waals surface area contributed by atoms with E-state index in [0.29, 0.717) is 17.0 Å². The van der Waals surface area contributed by atoms with Crippen LogP contribution < -0.4 is 5.32 Å². The van der Waals surface area contributed by atoms with Gasteiger partial charge in [0.2, 0.25) is 0 Å². The fourth-order valence-corrected chi connectivity index (χ4v) is 6.27. The molecule has 1 N–H and O–H groups in total. The van der Waals surface area contributed by atoms with Gasteiger partial charge in [-0.25, -0.2) is 16.8 Å². The third kappa shape index (κ3) is 4.73. The summed E-state index contributed by atoms with van der Waals surface area (Å²) in [7, 11) is -3.84. The number of benzene rings is 3. The van der Waals surface area contributed by atoms with Crippen molar-refractivity contribution in [2.24, 2.45) is 0 Å².